The highest BCUT2D eigenvalue weighted by Gasteiger charge is 2.15. The third-order valence-corrected chi connectivity index (χ3v) is 2.85. The van der Waals surface area contributed by atoms with Crippen LogP contribution in [-0.4, -0.2) is 16.1 Å². The van der Waals surface area contributed by atoms with E-state index in [1.165, 1.54) is 5.69 Å². The van der Waals surface area contributed by atoms with E-state index >= 15 is 0 Å². The molecule has 86 valence electrons. The molecule has 1 unspecified atom stereocenters. The Balaban J connectivity index is 2.77. The molecule has 0 aliphatic carbocycles. The smallest absolute Gasteiger partial charge is 0.0951 e. The van der Waals surface area contributed by atoms with Crippen molar-refractivity contribution in [1.82, 2.24) is 14.9 Å². The Kier molecular flexibility index (Phi) is 4.82. The van der Waals surface area contributed by atoms with Gasteiger partial charge in [0.25, 0.3) is 0 Å². The van der Waals surface area contributed by atoms with Crippen molar-refractivity contribution in [3.05, 3.63) is 18.2 Å². The molecular formula is C12H23N3. The van der Waals surface area contributed by atoms with Crippen LogP contribution in [0.3, 0.4) is 0 Å². The van der Waals surface area contributed by atoms with Gasteiger partial charge >= 0.3 is 0 Å². The molecule has 1 atom stereocenters. The van der Waals surface area contributed by atoms with Gasteiger partial charge in [-0.25, -0.2) is 4.98 Å². The summed E-state index contributed by atoms with van der Waals surface area (Å²) in [5, 5.41) is 3.35. The summed E-state index contributed by atoms with van der Waals surface area (Å²) < 4.78 is 2.31. The van der Waals surface area contributed by atoms with Gasteiger partial charge in [0.05, 0.1) is 12.0 Å². The van der Waals surface area contributed by atoms with Gasteiger partial charge in [0.2, 0.25) is 0 Å². The topological polar surface area (TPSA) is 29.9 Å². The number of aromatic nitrogens is 2. The third-order valence-electron chi connectivity index (χ3n) is 2.85. The highest BCUT2D eigenvalue weighted by atomic mass is 15.1. The van der Waals surface area contributed by atoms with Crippen molar-refractivity contribution in [2.45, 2.75) is 46.7 Å². The fourth-order valence-corrected chi connectivity index (χ4v) is 2.01. The zero-order valence-corrected chi connectivity index (χ0v) is 10.3. The van der Waals surface area contributed by atoms with Gasteiger partial charge in [0.15, 0.2) is 0 Å². The lowest BCUT2D eigenvalue weighted by molar-refractivity contribution is 0.355. The molecule has 1 rings (SSSR count). The molecule has 0 saturated heterocycles. The predicted octanol–water partition coefficient (Wildman–Crippen LogP) is 2.60. The predicted molar refractivity (Wildman–Crippen MR) is 63.8 cm³/mol. The van der Waals surface area contributed by atoms with Crippen LogP contribution in [0, 0.1) is 5.92 Å². The van der Waals surface area contributed by atoms with Crippen LogP contribution in [0.2, 0.25) is 0 Å². The lowest BCUT2D eigenvalue weighted by Gasteiger charge is -2.23. The average Bonchev–Trinajstić information content (AvgIpc) is 2.64. The molecule has 0 aliphatic heterocycles. The van der Waals surface area contributed by atoms with Crippen LogP contribution in [0.25, 0.3) is 0 Å². The van der Waals surface area contributed by atoms with Gasteiger partial charge in [0.1, 0.15) is 0 Å². The van der Waals surface area contributed by atoms with Crippen molar-refractivity contribution in [2.75, 3.05) is 6.54 Å². The normalized spacial score (nSPS) is 13.4. The van der Waals surface area contributed by atoms with E-state index in [4.69, 9.17) is 0 Å². The number of nitrogens with one attached hydrogen (secondary N) is 1. The third kappa shape index (κ3) is 3.06. The van der Waals surface area contributed by atoms with E-state index in [1.807, 2.05) is 12.5 Å². The second-order valence-corrected chi connectivity index (χ2v) is 4.29. The molecule has 15 heavy (non-hydrogen) atoms. The molecule has 0 radical (unpaired) electrons. The minimum Gasteiger partial charge on any atom is -0.330 e. The SMILES string of the molecule is CCNCc1cncn1C(CC)C(C)C. The maximum atomic E-state index is 4.25. The van der Waals surface area contributed by atoms with Gasteiger partial charge in [-0.3, -0.25) is 0 Å². The summed E-state index contributed by atoms with van der Waals surface area (Å²) in [6, 6.07) is 0.571. The Bertz CT molecular complexity index is 278. The van der Waals surface area contributed by atoms with E-state index < -0.39 is 0 Å². The van der Waals surface area contributed by atoms with Crippen molar-refractivity contribution in [3.63, 3.8) is 0 Å². The van der Waals surface area contributed by atoms with Crippen LogP contribution >= 0.6 is 0 Å². The van der Waals surface area contributed by atoms with Crippen molar-refractivity contribution in [3.8, 4) is 0 Å². The van der Waals surface area contributed by atoms with Crippen LogP contribution in [0.5, 0.6) is 0 Å². The monoisotopic (exact) mass is 209 g/mol. The largest absolute Gasteiger partial charge is 0.330 e. The van der Waals surface area contributed by atoms with Crippen molar-refractivity contribution >= 4 is 0 Å². The number of nitrogens with zero attached hydrogens (tertiary/aromatic N) is 2. The fourth-order valence-electron chi connectivity index (χ4n) is 2.01. The molecule has 0 aromatic carbocycles. The summed E-state index contributed by atoms with van der Waals surface area (Å²) in [5.41, 5.74) is 1.29. The molecular weight excluding hydrogens is 186 g/mol. The molecule has 0 bridgehead atoms. The van der Waals surface area contributed by atoms with E-state index in [0.717, 1.165) is 19.5 Å². The zero-order chi connectivity index (χ0) is 11.3. The maximum absolute atomic E-state index is 4.25. The summed E-state index contributed by atoms with van der Waals surface area (Å²) in [4.78, 5) is 4.25. The molecule has 1 N–H and O–H groups in total. The minimum absolute atomic E-state index is 0.571. The van der Waals surface area contributed by atoms with Crippen molar-refractivity contribution < 1.29 is 0 Å². The van der Waals surface area contributed by atoms with E-state index in [0.29, 0.717) is 12.0 Å². The second kappa shape index (κ2) is 5.91. The standard InChI is InChI=1S/C12H23N3/c1-5-12(10(3)4)15-9-14-8-11(15)7-13-6-2/h8-10,12-13H,5-7H2,1-4H3. The Morgan fingerprint density at radius 1 is 1.40 bits per heavy atom. The van der Waals surface area contributed by atoms with E-state index in [1.54, 1.807) is 0 Å². The first-order valence-corrected chi connectivity index (χ1v) is 5.92. The van der Waals surface area contributed by atoms with Crippen LogP contribution in [0.1, 0.15) is 45.9 Å². The highest BCUT2D eigenvalue weighted by molar-refractivity contribution is 5.00. The van der Waals surface area contributed by atoms with E-state index in [-0.39, 0.29) is 0 Å². The number of imidazole rings is 1. The quantitative estimate of drug-likeness (QED) is 0.780. The Hall–Kier alpha value is -0.830. The first-order chi connectivity index (χ1) is 7.20. The van der Waals surface area contributed by atoms with E-state index in [9.17, 15) is 0 Å². The summed E-state index contributed by atoms with van der Waals surface area (Å²) in [6.07, 6.45) is 5.09. The Labute approximate surface area is 92.9 Å². The molecule has 0 amide bonds. The van der Waals surface area contributed by atoms with Crippen molar-refractivity contribution in [2.24, 2.45) is 5.92 Å². The van der Waals surface area contributed by atoms with Gasteiger partial charge in [-0.1, -0.05) is 27.7 Å². The van der Waals surface area contributed by atoms with Gasteiger partial charge in [-0.15, -0.1) is 0 Å². The first-order valence-electron chi connectivity index (χ1n) is 5.92. The number of hydrogen-bond donors (Lipinski definition) is 1. The molecule has 1 aromatic rings. The van der Waals surface area contributed by atoms with Gasteiger partial charge in [0, 0.05) is 18.8 Å². The van der Waals surface area contributed by atoms with Gasteiger partial charge in [-0.2, -0.15) is 0 Å². The van der Waals surface area contributed by atoms with Crippen LogP contribution in [-0.2, 0) is 6.54 Å². The molecule has 0 aliphatic rings. The molecule has 1 aromatic heterocycles. The lowest BCUT2D eigenvalue weighted by atomic mass is 10.0. The molecule has 0 spiro atoms. The lowest BCUT2D eigenvalue weighted by Crippen LogP contribution is -2.20. The van der Waals surface area contributed by atoms with Crippen molar-refractivity contribution in [1.29, 1.82) is 0 Å². The Morgan fingerprint density at radius 2 is 2.13 bits per heavy atom. The van der Waals surface area contributed by atoms with E-state index in [2.05, 4.69) is 42.6 Å². The summed E-state index contributed by atoms with van der Waals surface area (Å²) in [5.74, 6) is 0.657. The molecule has 0 fully saturated rings. The fraction of sp³-hybridized carbons (Fsp3) is 0.750. The van der Waals surface area contributed by atoms with Crippen LogP contribution in [0.4, 0.5) is 0 Å². The van der Waals surface area contributed by atoms with Gasteiger partial charge < -0.3 is 9.88 Å². The highest BCUT2D eigenvalue weighted by Crippen LogP contribution is 2.22. The number of rotatable bonds is 6. The average molecular weight is 209 g/mol. The first kappa shape index (κ1) is 12.2. The Morgan fingerprint density at radius 3 is 2.67 bits per heavy atom. The van der Waals surface area contributed by atoms with Crippen LogP contribution < -0.4 is 5.32 Å². The summed E-state index contributed by atoms with van der Waals surface area (Å²) in [7, 11) is 0. The zero-order valence-electron chi connectivity index (χ0n) is 10.3. The van der Waals surface area contributed by atoms with Gasteiger partial charge in [-0.05, 0) is 18.9 Å². The minimum atomic E-state index is 0.571. The summed E-state index contributed by atoms with van der Waals surface area (Å²) >= 11 is 0. The maximum Gasteiger partial charge on any atom is 0.0951 e. The van der Waals surface area contributed by atoms with Crippen LogP contribution in [0.15, 0.2) is 12.5 Å². The molecule has 3 nitrogen and oxygen atoms in total. The molecule has 3 heteroatoms. The molecule has 0 saturated carbocycles. The second-order valence-electron chi connectivity index (χ2n) is 4.29. The molecule has 1 heterocycles. The number of hydrogen-bond acceptors (Lipinski definition) is 2. The summed E-state index contributed by atoms with van der Waals surface area (Å²) in [6.45, 7) is 10.8.